The molecule has 0 radical (unpaired) electrons. The topological polar surface area (TPSA) is 64.4 Å². The Bertz CT molecular complexity index is 590. The molecular weight excluding hydrogens is 244 g/mol. The number of aromatic nitrogens is 1. The monoisotopic (exact) mass is 260 g/mol. The summed E-state index contributed by atoms with van der Waals surface area (Å²) >= 11 is 0. The second kappa shape index (κ2) is 5.56. The molecule has 0 unspecified atom stereocenters. The van der Waals surface area contributed by atoms with Crippen LogP contribution < -0.4 is 5.32 Å². The zero-order valence-corrected chi connectivity index (χ0v) is 11.2. The Kier molecular flexibility index (Phi) is 3.85. The van der Waals surface area contributed by atoms with Crippen LogP contribution in [-0.2, 0) is 11.3 Å². The number of aryl methyl sites for hydroxylation is 2. The van der Waals surface area contributed by atoms with E-state index in [9.17, 15) is 4.79 Å². The number of hydrogen-bond acceptors (Lipinski definition) is 5. The maximum absolute atomic E-state index is 11.5. The minimum atomic E-state index is -0.384. The first-order chi connectivity index (χ1) is 9.11. The van der Waals surface area contributed by atoms with Gasteiger partial charge >= 0.3 is 5.97 Å². The van der Waals surface area contributed by atoms with E-state index in [-0.39, 0.29) is 5.97 Å². The van der Waals surface area contributed by atoms with Crippen molar-refractivity contribution in [3.8, 4) is 0 Å². The van der Waals surface area contributed by atoms with Crippen LogP contribution in [0.4, 0.5) is 5.69 Å². The highest BCUT2D eigenvalue weighted by Gasteiger charge is 2.15. The fraction of sp³-hybridized carbons (Fsp3) is 0.286. The van der Waals surface area contributed by atoms with Crippen LogP contribution in [0.15, 0.2) is 28.9 Å². The molecule has 2 heterocycles. The number of esters is 1. The zero-order valence-electron chi connectivity index (χ0n) is 11.2. The molecule has 0 atom stereocenters. The second-order valence-corrected chi connectivity index (χ2v) is 4.22. The van der Waals surface area contributed by atoms with Crippen LogP contribution in [0.3, 0.4) is 0 Å². The molecule has 0 bridgehead atoms. The van der Waals surface area contributed by atoms with Crippen molar-refractivity contribution in [2.75, 3.05) is 12.4 Å². The van der Waals surface area contributed by atoms with Gasteiger partial charge in [0.15, 0.2) is 0 Å². The number of rotatable bonds is 4. The third kappa shape index (κ3) is 2.93. The van der Waals surface area contributed by atoms with Gasteiger partial charge in [0.05, 0.1) is 25.5 Å². The molecule has 0 aliphatic carbocycles. The minimum absolute atomic E-state index is 0.384. The van der Waals surface area contributed by atoms with E-state index in [1.807, 2.05) is 13.0 Å². The molecule has 5 nitrogen and oxygen atoms in total. The Balaban J connectivity index is 2.09. The molecule has 2 rings (SSSR count). The number of pyridine rings is 1. The van der Waals surface area contributed by atoms with Gasteiger partial charge in [-0.25, -0.2) is 4.79 Å². The summed E-state index contributed by atoms with van der Waals surface area (Å²) in [7, 11) is 1.35. The summed E-state index contributed by atoms with van der Waals surface area (Å²) in [5.41, 5.74) is 2.50. The van der Waals surface area contributed by atoms with Gasteiger partial charge in [-0.2, -0.15) is 0 Å². The molecule has 0 amide bonds. The molecule has 2 aromatic heterocycles. The van der Waals surface area contributed by atoms with Crippen molar-refractivity contribution in [3.05, 3.63) is 47.2 Å². The number of carbonyl (C=O) groups is 1. The summed E-state index contributed by atoms with van der Waals surface area (Å²) in [5.74, 6) is 0.859. The molecule has 2 aromatic rings. The van der Waals surface area contributed by atoms with E-state index in [0.717, 1.165) is 11.3 Å². The molecule has 0 fully saturated rings. The van der Waals surface area contributed by atoms with Gasteiger partial charge in [-0.3, -0.25) is 4.98 Å². The van der Waals surface area contributed by atoms with Crippen molar-refractivity contribution < 1.29 is 13.9 Å². The Morgan fingerprint density at radius 3 is 2.95 bits per heavy atom. The van der Waals surface area contributed by atoms with Crippen molar-refractivity contribution in [1.82, 2.24) is 4.98 Å². The second-order valence-electron chi connectivity index (χ2n) is 4.22. The van der Waals surface area contributed by atoms with Crippen LogP contribution >= 0.6 is 0 Å². The van der Waals surface area contributed by atoms with Crippen LogP contribution in [0.5, 0.6) is 0 Å². The van der Waals surface area contributed by atoms with Gasteiger partial charge in [-0.05, 0) is 31.5 Å². The number of nitrogens with zero attached hydrogens (tertiary/aromatic N) is 1. The molecule has 1 N–H and O–H groups in total. The Morgan fingerprint density at radius 2 is 2.26 bits per heavy atom. The molecular formula is C14H16N2O3. The van der Waals surface area contributed by atoms with E-state index in [4.69, 9.17) is 4.42 Å². The average molecular weight is 260 g/mol. The van der Waals surface area contributed by atoms with Crippen LogP contribution in [0.1, 0.15) is 27.4 Å². The molecule has 100 valence electrons. The van der Waals surface area contributed by atoms with Crippen molar-refractivity contribution in [3.63, 3.8) is 0 Å². The molecule has 0 spiro atoms. The zero-order chi connectivity index (χ0) is 13.8. The van der Waals surface area contributed by atoms with Gasteiger partial charge in [0.1, 0.15) is 17.1 Å². The normalized spacial score (nSPS) is 10.3. The molecule has 0 saturated heterocycles. The van der Waals surface area contributed by atoms with Gasteiger partial charge in [-0.15, -0.1) is 0 Å². The smallest absolute Gasteiger partial charge is 0.341 e. The predicted octanol–water partition coefficient (Wildman–Crippen LogP) is 2.69. The summed E-state index contributed by atoms with van der Waals surface area (Å²) in [5, 5.41) is 3.22. The highest BCUT2D eigenvalue weighted by molar-refractivity contribution is 5.90. The lowest BCUT2D eigenvalue weighted by Gasteiger charge is -2.06. The van der Waals surface area contributed by atoms with E-state index in [1.165, 1.54) is 7.11 Å². The molecule has 19 heavy (non-hydrogen) atoms. The van der Waals surface area contributed by atoms with E-state index in [2.05, 4.69) is 15.0 Å². The number of carbonyl (C=O) groups excluding carboxylic acids is 1. The summed E-state index contributed by atoms with van der Waals surface area (Å²) in [6, 6.07) is 3.62. The lowest BCUT2D eigenvalue weighted by molar-refractivity contribution is 0.0599. The first kappa shape index (κ1) is 13.1. The number of methoxy groups -OCH3 is 1. The first-order valence-corrected chi connectivity index (χ1v) is 5.94. The number of ether oxygens (including phenoxy) is 1. The van der Waals surface area contributed by atoms with Gasteiger partial charge in [0.25, 0.3) is 0 Å². The third-order valence-electron chi connectivity index (χ3n) is 2.87. The maximum atomic E-state index is 11.5. The Morgan fingerprint density at radius 1 is 1.47 bits per heavy atom. The van der Waals surface area contributed by atoms with Crippen molar-refractivity contribution in [2.24, 2.45) is 0 Å². The lowest BCUT2D eigenvalue weighted by Crippen LogP contribution is -2.02. The fourth-order valence-corrected chi connectivity index (χ4v) is 1.77. The van der Waals surface area contributed by atoms with Crippen LogP contribution in [0.25, 0.3) is 0 Å². The van der Waals surface area contributed by atoms with Crippen molar-refractivity contribution in [1.29, 1.82) is 0 Å². The standard InChI is InChI=1S/C14H16N2O3/c1-9-4-5-15-8-13(9)16-7-11-6-12(10(2)19-11)14(17)18-3/h4-6,8,16H,7H2,1-3H3. The van der Waals surface area contributed by atoms with E-state index in [1.54, 1.807) is 25.4 Å². The van der Waals surface area contributed by atoms with Gasteiger partial charge in [0.2, 0.25) is 0 Å². The summed E-state index contributed by atoms with van der Waals surface area (Å²) in [6.45, 7) is 4.23. The number of anilines is 1. The Labute approximate surface area is 111 Å². The van der Waals surface area contributed by atoms with Gasteiger partial charge in [-0.1, -0.05) is 0 Å². The highest BCUT2D eigenvalue weighted by atomic mass is 16.5. The van der Waals surface area contributed by atoms with E-state index < -0.39 is 0 Å². The number of furan rings is 1. The SMILES string of the molecule is COC(=O)c1cc(CNc2cnccc2C)oc1C. The summed E-state index contributed by atoms with van der Waals surface area (Å²) in [6.07, 6.45) is 3.50. The number of nitrogens with one attached hydrogen (secondary N) is 1. The minimum Gasteiger partial charge on any atom is -0.465 e. The molecule has 0 aliphatic heterocycles. The first-order valence-electron chi connectivity index (χ1n) is 5.94. The summed E-state index contributed by atoms with van der Waals surface area (Å²) < 4.78 is 10.2. The number of hydrogen-bond donors (Lipinski definition) is 1. The van der Waals surface area contributed by atoms with Crippen molar-refractivity contribution in [2.45, 2.75) is 20.4 Å². The highest BCUT2D eigenvalue weighted by Crippen LogP contribution is 2.18. The quantitative estimate of drug-likeness (QED) is 0.856. The maximum Gasteiger partial charge on any atom is 0.341 e. The van der Waals surface area contributed by atoms with E-state index >= 15 is 0 Å². The van der Waals surface area contributed by atoms with Crippen LogP contribution in [0, 0.1) is 13.8 Å². The predicted molar refractivity (Wildman–Crippen MR) is 71.1 cm³/mol. The van der Waals surface area contributed by atoms with Crippen LogP contribution in [-0.4, -0.2) is 18.1 Å². The lowest BCUT2D eigenvalue weighted by atomic mass is 10.2. The van der Waals surface area contributed by atoms with E-state index in [0.29, 0.717) is 23.6 Å². The van der Waals surface area contributed by atoms with Crippen molar-refractivity contribution >= 4 is 11.7 Å². The molecule has 0 aliphatic rings. The molecule has 0 saturated carbocycles. The van der Waals surface area contributed by atoms with Gasteiger partial charge < -0.3 is 14.5 Å². The van der Waals surface area contributed by atoms with Gasteiger partial charge in [0, 0.05) is 6.20 Å². The molecule has 0 aromatic carbocycles. The molecule has 5 heteroatoms. The largest absolute Gasteiger partial charge is 0.465 e. The van der Waals surface area contributed by atoms with Crippen LogP contribution in [0.2, 0.25) is 0 Å². The summed E-state index contributed by atoms with van der Waals surface area (Å²) in [4.78, 5) is 15.5. The fourth-order valence-electron chi connectivity index (χ4n) is 1.77. The average Bonchev–Trinajstić information content (AvgIpc) is 2.78. The third-order valence-corrected chi connectivity index (χ3v) is 2.87. The Hall–Kier alpha value is -2.30.